The average molecular weight is 420 g/mol. The number of fused-ring (bicyclic) bond motifs is 1. The Balaban J connectivity index is 2.03. The Bertz CT molecular complexity index is 874. The Morgan fingerprint density at radius 1 is 1.22 bits per heavy atom. The van der Waals surface area contributed by atoms with Crippen LogP contribution in [0.25, 0.3) is 22.6 Å². The molecule has 0 spiro atoms. The van der Waals surface area contributed by atoms with Crippen molar-refractivity contribution in [3.63, 3.8) is 0 Å². The molecule has 2 heterocycles. The highest BCUT2D eigenvalue weighted by Crippen LogP contribution is 2.29. The minimum atomic E-state index is -0.0276. The minimum absolute atomic E-state index is 0.0276. The zero-order chi connectivity index (χ0) is 16.6. The number of hydrogen-bond donors (Lipinski definition) is 2. The van der Waals surface area contributed by atoms with Crippen molar-refractivity contribution in [2.75, 3.05) is 5.73 Å². The topological polar surface area (TPSA) is 92.8 Å². The van der Waals surface area contributed by atoms with Crippen molar-refractivity contribution in [1.29, 1.82) is 0 Å². The maximum Gasteiger partial charge on any atom is 0.158 e. The summed E-state index contributed by atoms with van der Waals surface area (Å²) >= 11 is 2.06. The van der Waals surface area contributed by atoms with Crippen LogP contribution >= 0.6 is 22.6 Å². The van der Waals surface area contributed by atoms with E-state index in [9.17, 15) is 0 Å². The van der Waals surface area contributed by atoms with E-state index in [-0.39, 0.29) is 5.41 Å². The van der Waals surface area contributed by atoms with Crippen molar-refractivity contribution < 1.29 is 0 Å². The molecule has 0 aliphatic heterocycles. The first kappa shape index (κ1) is 15.9. The van der Waals surface area contributed by atoms with Gasteiger partial charge in [0, 0.05) is 11.6 Å². The molecule has 6 nitrogen and oxygen atoms in total. The number of imidazole rings is 1. The van der Waals surface area contributed by atoms with Gasteiger partial charge in [-0.15, -0.1) is 0 Å². The molecule has 0 atom stereocenters. The first-order valence-corrected chi connectivity index (χ1v) is 8.38. The van der Waals surface area contributed by atoms with E-state index in [4.69, 9.17) is 5.73 Å². The van der Waals surface area contributed by atoms with Crippen LogP contribution in [0.5, 0.6) is 0 Å². The highest BCUT2D eigenvalue weighted by molar-refractivity contribution is 14.1. The highest BCUT2D eigenvalue weighted by atomic mass is 127. The summed E-state index contributed by atoms with van der Waals surface area (Å²) in [5.41, 5.74) is 10.6. The van der Waals surface area contributed by atoms with Crippen LogP contribution in [0.3, 0.4) is 0 Å². The van der Waals surface area contributed by atoms with Crippen molar-refractivity contribution in [3.05, 3.63) is 30.2 Å². The van der Waals surface area contributed by atoms with Crippen LogP contribution in [0, 0.1) is 0 Å². The van der Waals surface area contributed by atoms with Crippen LogP contribution in [0.4, 0.5) is 11.4 Å². The summed E-state index contributed by atoms with van der Waals surface area (Å²) in [4.78, 5) is 21.0. The molecule has 23 heavy (non-hydrogen) atoms. The first-order valence-electron chi connectivity index (χ1n) is 7.13. The maximum absolute atomic E-state index is 6.00. The Morgan fingerprint density at radius 2 is 2.00 bits per heavy atom. The zero-order valence-electron chi connectivity index (χ0n) is 13.1. The molecular formula is C16H17IN6. The van der Waals surface area contributed by atoms with Crippen molar-refractivity contribution in [1.82, 2.24) is 19.9 Å². The number of halogens is 1. The molecule has 0 aliphatic rings. The van der Waals surface area contributed by atoms with Gasteiger partial charge in [-0.25, -0.2) is 15.0 Å². The minimum Gasteiger partial charge on any atom is -0.397 e. The summed E-state index contributed by atoms with van der Waals surface area (Å²) in [6.45, 7) is 6.32. The standard InChI is InChI=1S/C16H17IN6/c1-16(2,3)14-7-19-13(6-20-14)15-22-11-4-9(18)10(21-8-17)5-12(11)23-15/h4-8H,18H2,1-3H3,(H,22,23). The van der Waals surface area contributed by atoms with Crippen molar-refractivity contribution in [2.45, 2.75) is 26.2 Å². The molecule has 118 valence electrons. The third-order valence-corrected chi connectivity index (χ3v) is 3.76. The summed E-state index contributed by atoms with van der Waals surface area (Å²) in [6.07, 6.45) is 3.54. The number of rotatable bonds is 2. The molecular weight excluding hydrogens is 403 g/mol. The summed E-state index contributed by atoms with van der Waals surface area (Å²) in [5, 5.41) is 0. The number of nitrogens with two attached hydrogens (primary N) is 1. The van der Waals surface area contributed by atoms with Crippen LogP contribution < -0.4 is 5.73 Å². The number of H-pyrrole nitrogens is 1. The molecule has 7 heteroatoms. The van der Waals surface area contributed by atoms with Crippen molar-refractivity contribution >= 4 is 49.2 Å². The molecule has 1 aromatic carbocycles. The van der Waals surface area contributed by atoms with E-state index in [0.717, 1.165) is 16.7 Å². The van der Waals surface area contributed by atoms with Crippen LogP contribution in [0.2, 0.25) is 0 Å². The van der Waals surface area contributed by atoms with Crippen LogP contribution in [-0.2, 0) is 5.41 Å². The molecule has 3 N–H and O–H groups in total. The number of hydrogen-bond acceptors (Lipinski definition) is 5. The second-order valence-electron chi connectivity index (χ2n) is 6.28. The lowest BCUT2D eigenvalue weighted by atomic mass is 9.93. The van der Waals surface area contributed by atoms with E-state index in [0.29, 0.717) is 22.9 Å². The SMILES string of the molecule is CC(C)(C)c1cnc(-c2nc3cc(N=CI)c(N)cc3[nH]2)cn1. The van der Waals surface area contributed by atoms with Crippen LogP contribution in [0.1, 0.15) is 26.5 Å². The van der Waals surface area contributed by atoms with E-state index in [1.807, 2.05) is 12.1 Å². The monoisotopic (exact) mass is 420 g/mol. The fraction of sp³-hybridized carbons (Fsp3) is 0.250. The lowest BCUT2D eigenvalue weighted by molar-refractivity contribution is 0.565. The Hall–Kier alpha value is -2.03. The Morgan fingerprint density at radius 3 is 2.61 bits per heavy atom. The predicted molar refractivity (Wildman–Crippen MR) is 102 cm³/mol. The number of nitrogen functional groups attached to an aromatic ring is 1. The van der Waals surface area contributed by atoms with Gasteiger partial charge in [0.2, 0.25) is 0 Å². The molecule has 0 unspecified atom stereocenters. The van der Waals surface area contributed by atoms with Gasteiger partial charge < -0.3 is 10.7 Å². The largest absolute Gasteiger partial charge is 0.397 e. The van der Waals surface area contributed by atoms with Crippen LogP contribution in [-0.4, -0.2) is 24.2 Å². The fourth-order valence-electron chi connectivity index (χ4n) is 2.19. The lowest BCUT2D eigenvalue weighted by Gasteiger charge is -2.16. The molecule has 0 aliphatic carbocycles. The molecule has 0 radical (unpaired) electrons. The highest BCUT2D eigenvalue weighted by Gasteiger charge is 2.16. The van der Waals surface area contributed by atoms with Gasteiger partial charge in [-0.05, 0) is 34.7 Å². The van der Waals surface area contributed by atoms with E-state index < -0.39 is 0 Å². The Kier molecular flexibility index (Phi) is 4.05. The quantitative estimate of drug-likeness (QED) is 0.373. The number of nitrogens with zero attached hydrogens (tertiary/aromatic N) is 4. The predicted octanol–water partition coefficient (Wildman–Crippen LogP) is 3.99. The summed E-state index contributed by atoms with van der Waals surface area (Å²) in [5.74, 6) is 0.669. The van der Waals surface area contributed by atoms with Gasteiger partial charge in [-0.1, -0.05) is 20.8 Å². The fourth-order valence-corrected chi connectivity index (χ4v) is 2.49. The van der Waals surface area contributed by atoms with Gasteiger partial charge in [-0.2, -0.15) is 0 Å². The van der Waals surface area contributed by atoms with E-state index in [1.165, 1.54) is 0 Å². The molecule has 0 amide bonds. The van der Waals surface area contributed by atoms with E-state index in [1.54, 1.807) is 16.6 Å². The zero-order valence-corrected chi connectivity index (χ0v) is 15.3. The number of nitrogens with one attached hydrogen (secondary N) is 1. The van der Waals surface area contributed by atoms with E-state index >= 15 is 0 Å². The van der Waals surface area contributed by atoms with Gasteiger partial charge in [0.25, 0.3) is 0 Å². The molecule has 2 aromatic heterocycles. The number of anilines is 1. The second-order valence-corrected chi connectivity index (χ2v) is 6.83. The normalized spacial score (nSPS) is 12.3. The van der Waals surface area contributed by atoms with Crippen LogP contribution in [0.15, 0.2) is 29.5 Å². The van der Waals surface area contributed by atoms with Crippen molar-refractivity contribution in [2.24, 2.45) is 4.99 Å². The first-order chi connectivity index (χ1) is 10.9. The third kappa shape index (κ3) is 3.19. The molecule has 0 saturated heterocycles. The molecule has 0 fully saturated rings. The summed E-state index contributed by atoms with van der Waals surface area (Å²) in [7, 11) is 0. The second kappa shape index (κ2) is 5.88. The van der Waals surface area contributed by atoms with Gasteiger partial charge in [-0.3, -0.25) is 4.98 Å². The Labute approximate surface area is 147 Å². The number of benzene rings is 1. The van der Waals surface area contributed by atoms with Gasteiger partial charge in [0.15, 0.2) is 5.82 Å². The lowest BCUT2D eigenvalue weighted by Crippen LogP contribution is -2.13. The van der Waals surface area contributed by atoms with Gasteiger partial charge in [0.1, 0.15) is 5.69 Å². The average Bonchev–Trinajstić information content (AvgIpc) is 2.90. The number of aromatic amines is 1. The van der Waals surface area contributed by atoms with Crippen molar-refractivity contribution in [3.8, 4) is 11.5 Å². The smallest absolute Gasteiger partial charge is 0.158 e. The van der Waals surface area contributed by atoms with Gasteiger partial charge >= 0.3 is 0 Å². The maximum atomic E-state index is 6.00. The number of aliphatic imine (C=N–C) groups is 1. The summed E-state index contributed by atoms with van der Waals surface area (Å²) < 4.78 is 1.68. The molecule has 3 aromatic rings. The van der Waals surface area contributed by atoms with E-state index in [2.05, 4.69) is 68.3 Å². The molecule has 0 saturated carbocycles. The van der Waals surface area contributed by atoms with Gasteiger partial charge in [0.05, 0.1) is 38.5 Å². The summed E-state index contributed by atoms with van der Waals surface area (Å²) in [6, 6.07) is 3.69. The number of aromatic nitrogens is 4. The molecule has 3 rings (SSSR count). The molecule has 0 bridgehead atoms. The third-order valence-electron chi connectivity index (χ3n) is 3.48.